The highest BCUT2D eigenvalue weighted by Crippen LogP contribution is 2.03. The first kappa shape index (κ1) is 14.8. The predicted octanol–water partition coefficient (Wildman–Crippen LogP) is 0.579. The van der Waals surface area contributed by atoms with E-state index < -0.39 is 0 Å². The minimum absolute atomic E-state index is 0.570. The van der Waals surface area contributed by atoms with Gasteiger partial charge in [0.05, 0.1) is 13.2 Å². The van der Waals surface area contributed by atoms with Gasteiger partial charge in [-0.2, -0.15) is 0 Å². The molecule has 0 aromatic rings. The maximum Gasteiger partial charge on any atom is 0.0589 e. The van der Waals surface area contributed by atoms with Gasteiger partial charge in [0, 0.05) is 39.9 Å². The van der Waals surface area contributed by atoms with Gasteiger partial charge in [0.2, 0.25) is 0 Å². The van der Waals surface area contributed by atoms with Gasteiger partial charge in [-0.1, -0.05) is 6.92 Å². The van der Waals surface area contributed by atoms with E-state index in [0.29, 0.717) is 6.04 Å². The summed E-state index contributed by atoms with van der Waals surface area (Å²) < 4.78 is 10.2. The molecular formula is C11H26N2O2. The molecule has 0 fully saturated rings. The average Bonchev–Trinajstić information content (AvgIpc) is 2.27. The molecule has 4 nitrogen and oxygen atoms in total. The van der Waals surface area contributed by atoms with Crippen LogP contribution in [0.15, 0.2) is 0 Å². The third-order valence-corrected chi connectivity index (χ3v) is 2.59. The largest absolute Gasteiger partial charge is 0.383 e. The lowest BCUT2D eigenvalue weighted by atomic mass is 10.2. The van der Waals surface area contributed by atoms with Gasteiger partial charge in [-0.25, -0.2) is 0 Å². The van der Waals surface area contributed by atoms with E-state index in [-0.39, 0.29) is 0 Å². The van der Waals surface area contributed by atoms with Crippen LogP contribution in [0.5, 0.6) is 0 Å². The molecule has 0 aromatic heterocycles. The van der Waals surface area contributed by atoms with Crippen LogP contribution in [0.2, 0.25) is 0 Å². The molecule has 1 atom stereocenters. The summed E-state index contributed by atoms with van der Waals surface area (Å²) in [6, 6.07) is 0.570. The van der Waals surface area contributed by atoms with Crippen LogP contribution in [-0.4, -0.2) is 65.1 Å². The van der Waals surface area contributed by atoms with Crippen LogP contribution in [0, 0.1) is 0 Å². The van der Waals surface area contributed by atoms with Gasteiger partial charge in [0.15, 0.2) is 0 Å². The smallest absolute Gasteiger partial charge is 0.0589 e. The Balaban J connectivity index is 4.02. The predicted molar refractivity (Wildman–Crippen MR) is 63.3 cm³/mol. The molecule has 1 N–H and O–H groups in total. The fraction of sp³-hybridized carbons (Fsp3) is 1.00. The van der Waals surface area contributed by atoms with Crippen molar-refractivity contribution in [2.24, 2.45) is 0 Å². The number of nitrogens with one attached hydrogen (secondary N) is 1. The van der Waals surface area contributed by atoms with Gasteiger partial charge in [-0.3, -0.25) is 4.90 Å². The average molecular weight is 218 g/mol. The third-order valence-electron chi connectivity index (χ3n) is 2.59. The van der Waals surface area contributed by atoms with E-state index in [9.17, 15) is 0 Å². The lowest BCUT2D eigenvalue weighted by Gasteiger charge is -2.30. The molecule has 0 rings (SSSR count). The second-order valence-electron chi connectivity index (χ2n) is 3.64. The number of hydrogen-bond donors (Lipinski definition) is 1. The fourth-order valence-electron chi connectivity index (χ4n) is 1.66. The van der Waals surface area contributed by atoms with Crippen LogP contribution in [0.1, 0.15) is 13.3 Å². The van der Waals surface area contributed by atoms with E-state index in [4.69, 9.17) is 9.47 Å². The van der Waals surface area contributed by atoms with Crippen molar-refractivity contribution in [1.82, 2.24) is 10.2 Å². The van der Waals surface area contributed by atoms with Gasteiger partial charge in [-0.15, -0.1) is 0 Å². The molecule has 0 bridgehead atoms. The molecule has 1 unspecified atom stereocenters. The first-order valence-electron chi connectivity index (χ1n) is 5.66. The second kappa shape index (κ2) is 10.4. The summed E-state index contributed by atoms with van der Waals surface area (Å²) in [4.78, 5) is 2.42. The molecule has 0 aliphatic rings. The van der Waals surface area contributed by atoms with Gasteiger partial charge < -0.3 is 14.8 Å². The summed E-state index contributed by atoms with van der Waals surface area (Å²) in [5.74, 6) is 0. The minimum atomic E-state index is 0.570. The molecule has 92 valence electrons. The van der Waals surface area contributed by atoms with E-state index >= 15 is 0 Å². The zero-order valence-corrected chi connectivity index (χ0v) is 10.6. The Morgan fingerprint density at radius 2 is 1.67 bits per heavy atom. The number of rotatable bonds is 10. The van der Waals surface area contributed by atoms with Crippen molar-refractivity contribution in [1.29, 1.82) is 0 Å². The standard InChI is InChI=1S/C11H26N2O2/c1-5-11(10-12-2)13(6-8-14-3)7-9-15-4/h11-12H,5-10H2,1-4H3. The maximum atomic E-state index is 5.12. The molecule has 0 aliphatic heterocycles. The Bertz CT molecular complexity index is 126. The Morgan fingerprint density at radius 3 is 2.00 bits per heavy atom. The summed E-state index contributed by atoms with van der Waals surface area (Å²) >= 11 is 0. The fourth-order valence-corrected chi connectivity index (χ4v) is 1.66. The Morgan fingerprint density at radius 1 is 1.13 bits per heavy atom. The van der Waals surface area contributed by atoms with Crippen molar-refractivity contribution in [3.63, 3.8) is 0 Å². The molecular weight excluding hydrogens is 192 g/mol. The molecule has 0 aliphatic carbocycles. The van der Waals surface area contributed by atoms with Gasteiger partial charge in [-0.05, 0) is 13.5 Å². The molecule has 0 saturated heterocycles. The number of ether oxygens (including phenoxy) is 2. The van der Waals surface area contributed by atoms with Crippen LogP contribution in [0.4, 0.5) is 0 Å². The summed E-state index contributed by atoms with van der Waals surface area (Å²) in [5.41, 5.74) is 0. The zero-order chi connectivity index (χ0) is 11.5. The number of nitrogens with zero attached hydrogens (tertiary/aromatic N) is 1. The molecule has 15 heavy (non-hydrogen) atoms. The van der Waals surface area contributed by atoms with E-state index in [1.807, 2.05) is 7.05 Å². The topological polar surface area (TPSA) is 33.7 Å². The second-order valence-corrected chi connectivity index (χ2v) is 3.64. The molecule has 0 spiro atoms. The van der Waals surface area contributed by atoms with Crippen molar-refractivity contribution in [3.05, 3.63) is 0 Å². The quantitative estimate of drug-likeness (QED) is 0.581. The first-order chi connectivity index (χ1) is 7.29. The van der Waals surface area contributed by atoms with Crippen molar-refractivity contribution in [2.45, 2.75) is 19.4 Å². The highest BCUT2D eigenvalue weighted by atomic mass is 16.5. The van der Waals surface area contributed by atoms with Gasteiger partial charge >= 0.3 is 0 Å². The van der Waals surface area contributed by atoms with E-state index in [2.05, 4.69) is 17.1 Å². The minimum Gasteiger partial charge on any atom is -0.383 e. The van der Waals surface area contributed by atoms with Gasteiger partial charge in [0.25, 0.3) is 0 Å². The summed E-state index contributed by atoms with van der Waals surface area (Å²) in [7, 11) is 5.48. The Labute approximate surface area is 93.9 Å². The molecule has 0 aromatic carbocycles. The van der Waals surface area contributed by atoms with Gasteiger partial charge in [0.1, 0.15) is 0 Å². The van der Waals surface area contributed by atoms with Crippen LogP contribution >= 0.6 is 0 Å². The van der Waals surface area contributed by atoms with Crippen molar-refractivity contribution in [3.8, 4) is 0 Å². The number of hydrogen-bond acceptors (Lipinski definition) is 4. The molecule has 0 heterocycles. The van der Waals surface area contributed by atoms with Crippen LogP contribution < -0.4 is 5.32 Å². The Hall–Kier alpha value is -0.160. The van der Waals surface area contributed by atoms with Crippen LogP contribution in [0.25, 0.3) is 0 Å². The molecule has 0 saturated carbocycles. The summed E-state index contributed by atoms with van der Waals surface area (Å²) in [6.07, 6.45) is 1.15. The zero-order valence-electron chi connectivity index (χ0n) is 10.6. The van der Waals surface area contributed by atoms with E-state index in [0.717, 1.165) is 39.3 Å². The van der Waals surface area contributed by atoms with Crippen LogP contribution in [0.3, 0.4) is 0 Å². The molecule has 0 amide bonds. The number of likely N-dealkylation sites (N-methyl/N-ethyl adjacent to an activating group) is 1. The van der Waals surface area contributed by atoms with Crippen molar-refractivity contribution < 1.29 is 9.47 Å². The normalized spacial score (nSPS) is 13.4. The van der Waals surface area contributed by atoms with E-state index in [1.54, 1.807) is 14.2 Å². The van der Waals surface area contributed by atoms with E-state index in [1.165, 1.54) is 0 Å². The van der Waals surface area contributed by atoms with Crippen molar-refractivity contribution >= 4 is 0 Å². The van der Waals surface area contributed by atoms with Crippen LogP contribution in [-0.2, 0) is 9.47 Å². The molecule has 0 radical (unpaired) electrons. The monoisotopic (exact) mass is 218 g/mol. The summed E-state index contributed by atoms with van der Waals surface area (Å²) in [5, 5.41) is 3.23. The van der Waals surface area contributed by atoms with Crippen molar-refractivity contribution in [2.75, 3.05) is 54.1 Å². The molecule has 4 heteroatoms. The SMILES string of the molecule is CCC(CNC)N(CCOC)CCOC. The maximum absolute atomic E-state index is 5.12. The summed E-state index contributed by atoms with van der Waals surface area (Å²) in [6.45, 7) is 6.74. The Kier molecular flexibility index (Phi) is 10.3. The highest BCUT2D eigenvalue weighted by Gasteiger charge is 2.15. The first-order valence-corrected chi connectivity index (χ1v) is 5.66. The highest BCUT2D eigenvalue weighted by molar-refractivity contribution is 4.72. The number of methoxy groups -OCH3 is 2. The lowest BCUT2D eigenvalue weighted by Crippen LogP contribution is -2.44. The lowest BCUT2D eigenvalue weighted by molar-refractivity contribution is 0.0858. The third kappa shape index (κ3) is 6.84.